The Labute approximate surface area is 114 Å². The van der Waals surface area contributed by atoms with E-state index in [9.17, 15) is 14.4 Å². The van der Waals surface area contributed by atoms with Crippen molar-refractivity contribution < 1.29 is 19.1 Å². The number of carbonyl (C=O) groups is 3. The summed E-state index contributed by atoms with van der Waals surface area (Å²) in [5, 5.41) is 0. The van der Waals surface area contributed by atoms with Crippen LogP contribution in [0.2, 0.25) is 0 Å². The average molecular weight is 269 g/mol. The van der Waals surface area contributed by atoms with Crippen LogP contribution in [-0.2, 0) is 19.1 Å². The second-order valence-corrected chi connectivity index (χ2v) is 5.63. The number of esters is 1. The predicted octanol–water partition coefficient (Wildman–Crippen LogP) is 1.71. The van der Waals surface area contributed by atoms with Crippen LogP contribution in [0.1, 0.15) is 41.5 Å². The molecule has 0 bridgehead atoms. The highest BCUT2D eigenvalue weighted by atomic mass is 16.5. The standard InChI is InChI=1S/C14H23NO4/c1-9(2)13(18)19-8-10(3)15(14(5,6)7)12(17)11(4)16/h10H,1,8H2,2-7H3. The zero-order valence-electron chi connectivity index (χ0n) is 12.6. The third-order valence-electron chi connectivity index (χ3n) is 2.49. The fourth-order valence-electron chi connectivity index (χ4n) is 1.73. The lowest BCUT2D eigenvalue weighted by Crippen LogP contribution is -2.54. The zero-order chi connectivity index (χ0) is 15.4. The van der Waals surface area contributed by atoms with Crippen molar-refractivity contribution in [3.63, 3.8) is 0 Å². The van der Waals surface area contributed by atoms with E-state index in [-0.39, 0.29) is 12.6 Å². The number of hydrogen-bond acceptors (Lipinski definition) is 4. The van der Waals surface area contributed by atoms with E-state index >= 15 is 0 Å². The summed E-state index contributed by atoms with van der Waals surface area (Å²) in [7, 11) is 0. The van der Waals surface area contributed by atoms with Gasteiger partial charge in [-0.15, -0.1) is 0 Å². The summed E-state index contributed by atoms with van der Waals surface area (Å²) in [6, 6.07) is -0.389. The van der Waals surface area contributed by atoms with Crippen LogP contribution in [-0.4, -0.2) is 40.7 Å². The number of carbonyl (C=O) groups excluding carboxylic acids is 3. The van der Waals surface area contributed by atoms with Crippen LogP contribution < -0.4 is 0 Å². The summed E-state index contributed by atoms with van der Waals surface area (Å²) in [5.41, 5.74) is -0.231. The molecule has 19 heavy (non-hydrogen) atoms. The molecule has 0 fully saturated rings. The zero-order valence-corrected chi connectivity index (χ0v) is 12.6. The van der Waals surface area contributed by atoms with Crippen molar-refractivity contribution in [2.75, 3.05) is 6.61 Å². The fourth-order valence-corrected chi connectivity index (χ4v) is 1.73. The molecule has 0 aliphatic carbocycles. The Morgan fingerprint density at radius 3 is 2.00 bits per heavy atom. The monoisotopic (exact) mass is 269 g/mol. The molecule has 0 aliphatic rings. The predicted molar refractivity (Wildman–Crippen MR) is 72.5 cm³/mol. The Balaban J connectivity index is 4.89. The van der Waals surface area contributed by atoms with Crippen LogP contribution in [0.3, 0.4) is 0 Å². The highest BCUT2D eigenvalue weighted by Crippen LogP contribution is 2.18. The van der Waals surface area contributed by atoms with Gasteiger partial charge in [-0.3, -0.25) is 9.59 Å². The largest absolute Gasteiger partial charge is 0.460 e. The van der Waals surface area contributed by atoms with Gasteiger partial charge in [-0.25, -0.2) is 4.79 Å². The van der Waals surface area contributed by atoms with Gasteiger partial charge in [0.25, 0.3) is 5.91 Å². The maximum absolute atomic E-state index is 11.9. The van der Waals surface area contributed by atoms with Crippen LogP contribution in [0.15, 0.2) is 12.2 Å². The highest BCUT2D eigenvalue weighted by molar-refractivity contribution is 6.35. The Morgan fingerprint density at radius 2 is 1.68 bits per heavy atom. The fraction of sp³-hybridized carbons (Fsp3) is 0.643. The minimum Gasteiger partial charge on any atom is -0.460 e. The number of rotatable bonds is 5. The third-order valence-corrected chi connectivity index (χ3v) is 2.49. The maximum atomic E-state index is 11.9. The molecule has 0 aromatic carbocycles. The normalized spacial score (nSPS) is 12.5. The van der Waals surface area contributed by atoms with E-state index in [0.717, 1.165) is 0 Å². The summed E-state index contributed by atoms with van der Waals surface area (Å²) < 4.78 is 5.03. The number of ketones is 1. The summed E-state index contributed by atoms with van der Waals surface area (Å²) >= 11 is 0. The van der Waals surface area contributed by atoms with Crippen molar-refractivity contribution in [1.29, 1.82) is 0 Å². The first-order valence-corrected chi connectivity index (χ1v) is 6.15. The number of Topliss-reactive ketones (excluding diaryl/α,β-unsaturated/α-hetero) is 1. The lowest BCUT2D eigenvalue weighted by molar-refractivity contribution is -0.153. The summed E-state index contributed by atoms with van der Waals surface area (Å²) in [6.07, 6.45) is 0. The van der Waals surface area contributed by atoms with Gasteiger partial charge < -0.3 is 9.64 Å². The molecule has 0 radical (unpaired) electrons. The lowest BCUT2D eigenvalue weighted by Gasteiger charge is -2.39. The Morgan fingerprint density at radius 1 is 1.21 bits per heavy atom. The second-order valence-electron chi connectivity index (χ2n) is 5.63. The van der Waals surface area contributed by atoms with Gasteiger partial charge in [-0.2, -0.15) is 0 Å². The van der Waals surface area contributed by atoms with Crippen molar-refractivity contribution in [3.8, 4) is 0 Å². The van der Waals surface area contributed by atoms with Crippen LogP contribution in [0.4, 0.5) is 0 Å². The number of nitrogens with zero attached hydrogens (tertiary/aromatic N) is 1. The second kappa shape index (κ2) is 6.50. The Hall–Kier alpha value is -1.65. The molecule has 1 atom stereocenters. The Kier molecular flexibility index (Phi) is 5.93. The number of hydrogen-bond donors (Lipinski definition) is 0. The first-order valence-electron chi connectivity index (χ1n) is 6.15. The molecule has 0 N–H and O–H groups in total. The van der Waals surface area contributed by atoms with E-state index in [0.29, 0.717) is 5.57 Å². The molecule has 1 unspecified atom stereocenters. The van der Waals surface area contributed by atoms with E-state index in [1.807, 2.05) is 20.8 Å². The van der Waals surface area contributed by atoms with Gasteiger partial charge in [-0.1, -0.05) is 6.58 Å². The van der Waals surface area contributed by atoms with Crippen molar-refractivity contribution in [2.24, 2.45) is 0 Å². The first-order chi connectivity index (χ1) is 8.48. The maximum Gasteiger partial charge on any atom is 0.333 e. The van der Waals surface area contributed by atoms with Crippen LogP contribution in [0.5, 0.6) is 0 Å². The van der Waals surface area contributed by atoms with Crippen LogP contribution >= 0.6 is 0 Å². The van der Waals surface area contributed by atoms with E-state index in [1.165, 1.54) is 11.8 Å². The van der Waals surface area contributed by atoms with Gasteiger partial charge in [0, 0.05) is 18.0 Å². The van der Waals surface area contributed by atoms with Gasteiger partial charge in [-0.05, 0) is 34.6 Å². The van der Waals surface area contributed by atoms with Gasteiger partial charge in [0.2, 0.25) is 5.78 Å². The first kappa shape index (κ1) is 17.4. The summed E-state index contributed by atoms with van der Waals surface area (Å²) in [6.45, 7) is 13.5. The molecule has 0 aliphatic heterocycles. The number of ether oxygens (including phenoxy) is 1. The van der Waals surface area contributed by atoms with E-state index < -0.39 is 23.2 Å². The molecule has 108 valence electrons. The molecular formula is C14H23NO4. The summed E-state index contributed by atoms with van der Waals surface area (Å²) in [5.74, 6) is -1.62. The SMILES string of the molecule is C=C(C)C(=O)OCC(C)N(C(=O)C(C)=O)C(C)(C)C. The van der Waals surface area contributed by atoms with Gasteiger partial charge in [0.05, 0.1) is 6.04 Å². The molecule has 0 aromatic heterocycles. The third kappa shape index (κ3) is 5.24. The van der Waals surface area contributed by atoms with Gasteiger partial charge >= 0.3 is 5.97 Å². The van der Waals surface area contributed by atoms with Crippen molar-refractivity contribution in [2.45, 2.75) is 53.1 Å². The van der Waals surface area contributed by atoms with Crippen molar-refractivity contribution in [1.82, 2.24) is 4.90 Å². The summed E-state index contributed by atoms with van der Waals surface area (Å²) in [4.78, 5) is 36.0. The van der Waals surface area contributed by atoms with Gasteiger partial charge in [0.1, 0.15) is 6.61 Å². The average Bonchev–Trinajstić information content (AvgIpc) is 2.23. The van der Waals surface area contributed by atoms with E-state index in [2.05, 4.69) is 6.58 Å². The van der Waals surface area contributed by atoms with E-state index in [4.69, 9.17) is 4.74 Å². The minimum absolute atomic E-state index is 0.0297. The van der Waals surface area contributed by atoms with Crippen molar-refractivity contribution in [3.05, 3.63) is 12.2 Å². The molecule has 0 heterocycles. The molecule has 1 amide bonds. The highest BCUT2D eigenvalue weighted by Gasteiger charge is 2.33. The number of amides is 1. The van der Waals surface area contributed by atoms with Crippen molar-refractivity contribution >= 4 is 17.7 Å². The van der Waals surface area contributed by atoms with Gasteiger partial charge in [0.15, 0.2) is 0 Å². The molecular weight excluding hydrogens is 246 g/mol. The molecule has 0 rings (SSSR count). The molecule has 0 saturated carbocycles. The smallest absolute Gasteiger partial charge is 0.333 e. The van der Waals surface area contributed by atoms with Crippen LogP contribution in [0.25, 0.3) is 0 Å². The molecule has 0 spiro atoms. The van der Waals surface area contributed by atoms with Crippen LogP contribution in [0, 0.1) is 0 Å². The Bertz CT molecular complexity index is 393. The lowest BCUT2D eigenvalue weighted by atomic mass is 10.0. The quantitative estimate of drug-likeness (QED) is 0.433. The topological polar surface area (TPSA) is 63.7 Å². The molecule has 0 saturated heterocycles. The molecule has 5 nitrogen and oxygen atoms in total. The molecule has 0 aromatic rings. The minimum atomic E-state index is -0.577. The van der Waals surface area contributed by atoms with E-state index in [1.54, 1.807) is 13.8 Å². The molecule has 5 heteroatoms.